The molecule has 1 aromatic rings. The van der Waals surface area contributed by atoms with Crippen LogP contribution in [-0.4, -0.2) is 10.6 Å². The summed E-state index contributed by atoms with van der Waals surface area (Å²) in [4.78, 5) is 19.4. The highest BCUT2D eigenvalue weighted by Gasteiger charge is 2.26. The van der Waals surface area contributed by atoms with E-state index in [1.54, 1.807) is 13.8 Å². The van der Waals surface area contributed by atoms with E-state index >= 15 is 0 Å². The van der Waals surface area contributed by atoms with Gasteiger partial charge in [0.15, 0.2) is 10.4 Å². The molecule has 8 heteroatoms. The molecule has 0 fully saturated rings. The van der Waals surface area contributed by atoms with Gasteiger partial charge < -0.3 is 4.84 Å². The van der Waals surface area contributed by atoms with Crippen molar-refractivity contribution < 1.29 is 9.76 Å². The van der Waals surface area contributed by atoms with Crippen LogP contribution >= 0.6 is 23.2 Å². The normalized spacial score (nSPS) is 16.2. The number of nitro groups is 1. The molecule has 1 aromatic carbocycles. The van der Waals surface area contributed by atoms with Gasteiger partial charge in [-0.05, 0) is 19.9 Å². The van der Waals surface area contributed by atoms with Crippen LogP contribution < -0.4 is 10.7 Å². The van der Waals surface area contributed by atoms with Crippen LogP contribution in [0.1, 0.15) is 13.8 Å². The fraction of sp³-hybridized carbons (Fsp3) is 0.333. The molecule has 0 saturated heterocycles. The molecular weight excluding hydrogens is 269 g/mol. The Labute approximate surface area is 106 Å². The first-order valence-electron chi connectivity index (χ1n) is 4.60. The van der Waals surface area contributed by atoms with Crippen LogP contribution in [0.15, 0.2) is 16.2 Å². The van der Waals surface area contributed by atoms with Crippen molar-refractivity contribution in [3.8, 4) is 0 Å². The molecule has 0 bridgehead atoms. The third-order valence-electron chi connectivity index (χ3n) is 2.08. The van der Waals surface area contributed by atoms with Crippen molar-refractivity contribution in [1.82, 2.24) is 0 Å². The second-order valence-electron chi connectivity index (χ2n) is 3.89. The molecule has 1 heterocycles. The zero-order chi connectivity index (χ0) is 12.8. The number of hydrogen-bond acceptors (Lipinski definition) is 5. The topological polar surface area (TPSA) is 77.1 Å². The molecule has 0 N–H and O–H groups in total. The van der Waals surface area contributed by atoms with Crippen molar-refractivity contribution in [2.24, 2.45) is 10.1 Å². The predicted molar refractivity (Wildman–Crippen MR) is 60.6 cm³/mol. The van der Waals surface area contributed by atoms with Crippen molar-refractivity contribution in [2.45, 2.75) is 19.6 Å². The lowest BCUT2D eigenvalue weighted by molar-refractivity contribution is -0.384. The van der Waals surface area contributed by atoms with E-state index in [1.165, 1.54) is 6.07 Å². The maximum absolute atomic E-state index is 10.8. The average Bonchev–Trinajstić information content (AvgIpc) is 2.14. The number of nitro benzene ring substituents is 1. The lowest BCUT2D eigenvalue weighted by atomic mass is 10.2. The van der Waals surface area contributed by atoms with Gasteiger partial charge in [-0.3, -0.25) is 10.1 Å². The Hall–Kier alpha value is -1.40. The molecule has 0 atom stereocenters. The van der Waals surface area contributed by atoms with Crippen LogP contribution in [0.3, 0.4) is 0 Å². The number of benzene rings is 1. The zero-order valence-corrected chi connectivity index (χ0v) is 10.4. The Bertz CT molecular complexity index is 627. The van der Waals surface area contributed by atoms with Crippen LogP contribution in [0.4, 0.5) is 5.69 Å². The van der Waals surface area contributed by atoms with Crippen molar-refractivity contribution >= 4 is 28.9 Å². The SMILES string of the molecule is CC1(C)N=c2cc(Cl)c([N+](=O)[O-])c(Cl)c2=NO1. The lowest BCUT2D eigenvalue weighted by Crippen LogP contribution is -2.38. The number of nitrogens with zero attached hydrogens (tertiary/aromatic N) is 3. The fourth-order valence-electron chi connectivity index (χ4n) is 1.39. The van der Waals surface area contributed by atoms with Crippen LogP contribution in [0.5, 0.6) is 0 Å². The first kappa shape index (κ1) is 12.1. The van der Waals surface area contributed by atoms with E-state index in [9.17, 15) is 10.1 Å². The molecule has 0 amide bonds. The predicted octanol–water partition coefficient (Wildman–Crippen LogP) is 1.82. The van der Waals surface area contributed by atoms with Crippen molar-refractivity contribution in [3.05, 3.63) is 36.9 Å². The lowest BCUT2D eigenvalue weighted by Gasteiger charge is -2.19. The highest BCUT2D eigenvalue weighted by Crippen LogP contribution is 2.28. The standard InChI is InChI=1S/C9H7Cl2N3O3/c1-9(2)12-5-3-4(10)8(14(15)16)6(11)7(5)13-17-9/h3H,1-2H3. The summed E-state index contributed by atoms with van der Waals surface area (Å²) in [5.74, 6) is 0. The van der Waals surface area contributed by atoms with Gasteiger partial charge in [-0.2, -0.15) is 0 Å². The largest absolute Gasteiger partial charge is 0.365 e. The average molecular weight is 276 g/mol. The molecule has 1 aliphatic rings. The summed E-state index contributed by atoms with van der Waals surface area (Å²) >= 11 is 11.6. The number of halogens is 2. The smallest absolute Gasteiger partial charge is 0.308 e. The second-order valence-corrected chi connectivity index (χ2v) is 4.67. The molecule has 6 nitrogen and oxygen atoms in total. The van der Waals surface area contributed by atoms with Crippen LogP contribution in [0.2, 0.25) is 10.0 Å². The molecule has 0 aliphatic carbocycles. The Morgan fingerprint density at radius 2 is 2.12 bits per heavy atom. The van der Waals surface area contributed by atoms with Gasteiger partial charge in [0.1, 0.15) is 5.02 Å². The van der Waals surface area contributed by atoms with Gasteiger partial charge in [-0.1, -0.05) is 28.4 Å². The third kappa shape index (κ3) is 2.05. The summed E-state index contributed by atoms with van der Waals surface area (Å²) in [5, 5.41) is 14.8. The minimum atomic E-state index is -0.838. The molecule has 0 saturated carbocycles. The van der Waals surface area contributed by atoms with Gasteiger partial charge in [-0.25, -0.2) is 4.99 Å². The van der Waals surface area contributed by atoms with Gasteiger partial charge in [0.25, 0.3) is 0 Å². The molecule has 1 aliphatic heterocycles. The van der Waals surface area contributed by atoms with Crippen molar-refractivity contribution in [3.63, 3.8) is 0 Å². The summed E-state index contributed by atoms with van der Waals surface area (Å²) in [7, 11) is 0. The second kappa shape index (κ2) is 3.82. The monoisotopic (exact) mass is 275 g/mol. The molecule has 2 rings (SSSR count). The highest BCUT2D eigenvalue weighted by atomic mass is 35.5. The van der Waals surface area contributed by atoms with Crippen molar-refractivity contribution in [1.29, 1.82) is 0 Å². The molecule has 0 spiro atoms. The highest BCUT2D eigenvalue weighted by molar-refractivity contribution is 6.38. The van der Waals surface area contributed by atoms with Gasteiger partial charge in [0.2, 0.25) is 5.72 Å². The van der Waals surface area contributed by atoms with Gasteiger partial charge in [0, 0.05) is 0 Å². The Morgan fingerprint density at radius 3 is 2.71 bits per heavy atom. The fourth-order valence-corrected chi connectivity index (χ4v) is 2.01. The summed E-state index contributed by atoms with van der Waals surface area (Å²) in [6.45, 7) is 3.39. The summed E-state index contributed by atoms with van der Waals surface area (Å²) in [5.41, 5.74) is -1.23. The van der Waals surface area contributed by atoms with Crippen molar-refractivity contribution in [2.75, 3.05) is 0 Å². The van der Waals surface area contributed by atoms with E-state index in [4.69, 9.17) is 28.0 Å². The van der Waals surface area contributed by atoms with E-state index in [-0.39, 0.29) is 15.4 Å². The number of fused-ring (bicyclic) bond motifs is 1. The molecule has 0 aromatic heterocycles. The maximum Gasteiger partial charge on any atom is 0.308 e. The van der Waals surface area contributed by atoms with Gasteiger partial charge in [0.05, 0.1) is 10.3 Å². The first-order valence-corrected chi connectivity index (χ1v) is 5.36. The Morgan fingerprint density at radius 1 is 1.47 bits per heavy atom. The minimum absolute atomic E-state index is 0.0737. The minimum Gasteiger partial charge on any atom is -0.365 e. The molecule has 0 unspecified atom stereocenters. The van der Waals surface area contributed by atoms with E-state index in [1.807, 2.05) is 0 Å². The Kier molecular flexibility index (Phi) is 2.71. The maximum atomic E-state index is 10.8. The molecular formula is C9H7Cl2N3O3. The molecule has 17 heavy (non-hydrogen) atoms. The summed E-state index contributed by atoms with van der Waals surface area (Å²) in [6, 6.07) is 1.36. The first-order chi connectivity index (χ1) is 7.82. The summed E-state index contributed by atoms with van der Waals surface area (Å²) in [6.07, 6.45) is 0. The van der Waals surface area contributed by atoms with Gasteiger partial charge >= 0.3 is 5.69 Å². The van der Waals surface area contributed by atoms with E-state index in [2.05, 4.69) is 10.1 Å². The van der Waals surface area contributed by atoms with E-state index in [0.29, 0.717) is 5.36 Å². The van der Waals surface area contributed by atoms with Crippen LogP contribution in [-0.2, 0) is 4.84 Å². The van der Waals surface area contributed by atoms with Gasteiger partial charge in [-0.15, -0.1) is 0 Å². The molecule has 90 valence electrons. The third-order valence-corrected chi connectivity index (χ3v) is 2.73. The summed E-state index contributed by atoms with van der Waals surface area (Å²) < 4.78 is 0. The van der Waals surface area contributed by atoms with E-state index in [0.717, 1.165) is 0 Å². The number of rotatable bonds is 1. The number of hydrogen-bond donors (Lipinski definition) is 0. The Balaban J connectivity index is 2.85. The van der Waals surface area contributed by atoms with Crippen LogP contribution in [0, 0.1) is 10.1 Å². The zero-order valence-electron chi connectivity index (χ0n) is 8.90. The molecule has 0 radical (unpaired) electrons. The van der Waals surface area contributed by atoms with E-state index < -0.39 is 16.3 Å². The quantitative estimate of drug-likeness (QED) is 0.579. The van der Waals surface area contributed by atoms with Crippen LogP contribution in [0.25, 0.3) is 0 Å².